The first kappa shape index (κ1) is 25.9. The highest BCUT2D eigenvalue weighted by molar-refractivity contribution is 5.91. The van der Waals surface area contributed by atoms with Crippen LogP contribution in [0.15, 0.2) is 100 Å². The molecule has 0 amide bonds. The van der Waals surface area contributed by atoms with Crippen LogP contribution in [0.25, 0.3) is 22.3 Å². The lowest BCUT2D eigenvalue weighted by Gasteiger charge is -2.28. The number of ether oxygens (including phenoxy) is 4. The molecule has 0 saturated heterocycles. The smallest absolute Gasteiger partial charge is 0.308 e. The van der Waals surface area contributed by atoms with Gasteiger partial charge in [0.15, 0.2) is 17.3 Å². The Balaban J connectivity index is 1.52. The highest BCUT2D eigenvalue weighted by atomic mass is 16.7. The SMILES string of the molecule is CC(=O)Oc1c(-c2ccc3c(c2)OC(c2ccccc2)(c2ccccc2)O3)oc2cc(C)cc(OC(C)=O)c2c1=O. The molecule has 0 spiro atoms. The second-order valence-electron chi connectivity index (χ2n) is 9.63. The minimum Gasteiger partial charge on any atom is -0.452 e. The number of aryl methyl sites for hydroxylation is 1. The zero-order chi connectivity index (χ0) is 28.7. The summed E-state index contributed by atoms with van der Waals surface area (Å²) in [5.41, 5.74) is 2.19. The van der Waals surface area contributed by atoms with E-state index in [2.05, 4.69) is 0 Å². The Labute approximate surface area is 234 Å². The van der Waals surface area contributed by atoms with Crippen molar-refractivity contribution < 1.29 is 33.0 Å². The first-order valence-corrected chi connectivity index (χ1v) is 12.9. The van der Waals surface area contributed by atoms with Crippen LogP contribution in [0.3, 0.4) is 0 Å². The van der Waals surface area contributed by atoms with Gasteiger partial charge in [-0.3, -0.25) is 14.4 Å². The summed E-state index contributed by atoms with van der Waals surface area (Å²) in [5.74, 6) is -2.00. The van der Waals surface area contributed by atoms with Crippen LogP contribution in [0.4, 0.5) is 0 Å². The maximum Gasteiger partial charge on any atom is 0.308 e. The van der Waals surface area contributed by atoms with Gasteiger partial charge in [-0.15, -0.1) is 0 Å². The Hall–Kier alpha value is -5.37. The van der Waals surface area contributed by atoms with Crippen molar-refractivity contribution in [2.75, 3.05) is 0 Å². The van der Waals surface area contributed by atoms with Gasteiger partial charge in [0.1, 0.15) is 16.7 Å². The summed E-state index contributed by atoms with van der Waals surface area (Å²) < 4.78 is 29.8. The summed E-state index contributed by atoms with van der Waals surface area (Å²) in [6.07, 6.45) is 0. The molecule has 204 valence electrons. The van der Waals surface area contributed by atoms with Gasteiger partial charge in [-0.1, -0.05) is 60.7 Å². The third-order valence-electron chi connectivity index (χ3n) is 6.58. The summed E-state index contributed by atoms with van der Waals surface area (Å²) in [4.78, 5) is 37.5. The molecule has 0 saturated carbocycles. The topological polar surface area (TPSA) is 101 Å². The third kappa shape index (κ3) is 4.59. The van der Waals surface area contributed by atoms with Gasteiger partial charge in [0, 0.05) is 30.5 Å². The van der Waals surface area contributed by atoms with Crippen LogP contribution in [-0.2, 0) is 15.4 Å². The van der Waals surface area contributed by atoms with E-state index >= 15 is 0 Å². The Kier molecular flexibility index (Phi) is 6.30. The van der Waals surface area contributed by atoms with Crippen molar-refractivity contribution >= 4 is 22.9 Å². The van der Waals surface area contributed by atoms with E-state index in [4.69, 9.17) is 23.4 Å². The average Bonchev–Trinajstić information content (AvgIpc) is 3.35. The van der Waals surface area contributed by atoms with Gasteiger partial charge >= 0.3 is 17.7 Å². The van der Waals surface area contributed by atoms with E-state index in [-0.39, 0.29) is 28.2 Å². The van der Waals surface area contributed by atoms with Crippen LogP contribution in [0.5, 0.6) is 23.0 Å². The van der Waals surface area contributed by atoms with E-state index in [0.717, 1.165) is 11.1 Å². The van der Waals surface area contributed by atoms with Gasteiger partial charge in [0.2, 0.25) is 11.2 Å². The lowest BCUT2D eigenvalue weighted by atomic mass is 9.97. The van der Waals surface area contributed by atoms with Crippen molar-refractivity contribution in [1.29, 1.82) is 0 Å². The number of hydrogen-bond donors (Lipinski definition) is 0. The standard InChI is InChI=1S/C33H24O8/c1-19-16-27(37-20(2)34)29-28(17-19)39-31(32(30(29)36)38-21(3)35)22-14-15-25-26(18-22)41-33(40-25,23-10-6-4-7-11-23)24-12-8-5-9-13-24/h4-18H,1-3H3. The molecule has 6 rings (SSSR count). The predicted octanol–water partition coefficient (Wildman–Crippen LogP) is 6.29. The highest BCUT2D eigenvalue weighted by Crippen LogP contribution is 2.49. The molecule has 5 aromatic rings. The number of esters is 2. The molecule has 1 aliphatic rings. The number of hydrogen-bond acceptors (Lipinski definition) is 8. The molecule has 8 nitrogen and oxygen atoms in total. The predicted molar refractivity (Wildman–Crippen MR) is 150 cm³/mol. The van der Waals surface area contributed by atoms with Crippen LogP contribution in [0, 0.1) is 6.92 Å². The van der Waals surface area contributed by atoms with Crippen LogP contribution in [-0.4, -0.2) is 11.9 Å². The molecule has 1 aromatic heterocycles. The number of benzene rings is 4. The lowest BCUT2D eigenvalue weighted by molar-refractivity contribution is -0.133. The zero-order valence-corrected chi connectivity index (χ0v) is 22.4. The molecule has 0 N–H and O–H groups in total. The molecule has 41 heavy (non-hydrogen) atoms. The van der Waals surface area contributed by atoms with Crippen molar-refractivity contribution in [3.05, 3.63) is 118 Å². The number of rotatable bonds is 5. The molecule has 0 radical (unpaired) electrons. The molecule has 4 aromatic carbocycles. The third-order valence-corrected chi connectivity index (χ3v) is 6.58. The van der Waals surface area contributed by atoms with Crippen molar-refractivity contribution in [2.45, 2.75) is 26.6 Å². The van der Waals surface area contributed by atoms with Crippen LogP contribution >= 0.6 is 0 Å². The van der Waals surface area contributed by atoms with Crippen LogP contribution in [0.1, 0.15) is 30.5 Å². The maximum atomic E-state index is 13.7. The number of fused-ring (bicyclic) bond motifs is 2. The summed E-state index contributed by atoms with van der Waals surface area (Å²) in [5, 5.41) is -0.0151. The normalized spacial score (nSPS) is 13.1. The van der Waals surface area contributed by atoms with Gasteiger partial charge in [-0.2, -0.15) is 0 Å². The molecule has 0 unspecified atom stereocenters. The molecule has 1 aliphatic heterocycles. The van der Waals surface area contributed by atoms with Crippen molar-refractivity contribution in [1.82, 2.24) is 0 Å². The van der Waals surface area contributed by atoms with E-state index in [1.807, 2.05) is 60.7 Å². The molecular formula is C33H24O8. The van der Waals surface area contributed by atoms with Crippen molar-refractivity contribution in [3.63, 3.8) is 0 Å². The molecule has 2 heterocycles. The van der Waals surface area contributed by atoms with Gasteiger partial charge in [0.05, 0.1) is 0 Å². The van der Waals surface area contributed by atoms with Crippen molar-refractivity contribution in [2.24, 2.45) is 0 Å². The molecule has 0 atom stereocenters. The Morgan fingerprint density at radius 3 is 1.95 bits per heavy atom. The van der Waals surface area contributed by atoms with Crippen LogP contribution in [0.2, 0.25) is 0 Å². The van der Waals surface area contributed by atoms with Gasteiger partial charge < -0.3 is 23.4 Å². The molecule has 0 fully saturated rings. The largest absolute Gasteiger partial charge is 0.452 e. The quantitative estimate of drug-likeness (QED) is 0.187. The average molecular weight is 549 g/mol. The summed E-state index contributed by atoms with van der Waals surface area (Å²) in [6.45, 7) is 4.19. The van der Waals surface area contributed by atoms with Gasteiger partial charge in [-0.25, -0.2) is 0 Å². The van der Waals surface area contributed by atoms with E-state index in [1.54, 1.807) is 37.3 Å². The number of carbonyl (C=O) groups is 2. The Bertz CT molecular complexity index is 1830. The van der Waals surface area contributed by atoms with E-state index < -0.39 is 23.2 Å². The summed E-state index contributed by atoms with van der Waals surface area (Å²) >= 11 is 0. The highest BCUT2D eigenvalue weighted by Gasteiger charge is 2.45. The minimum atomic E-state index is -1.25. The summed E-state index contributed by atoms with van der Waals surface area (Å²) in [7, 11) is 0. The lowest BCUT2D eigenvalue weighted by Crippen LogP contribution is -2.36. The minimum absolute atomic E-state index is 0.0143. The second-order valence-corrected chi connectivity index (χ2v) is 9.63. The fraction of sp³-hybridized carbons (Fsp3) is 0.121. The molecule has 8 heteroatoms. The Morgan fingerprint density at radius 2 is 1.34 bits per heavy atom. The fourth-order valence-electron chi connectivity index (χ4n) is 4.92. The first-order valence-electron chi connectivity index (χ1n) is 12.9. The Morgan fingerprint density at radius 1 is 0.732 bits per heavy atom. The van der Waals surface area contributed by atoms with Gasteiger partial charge in [-0.05, 0) is 42.8 Å². The van der Waals surface area contributed by atoms with E-state index in [1.165, 1.54) is 13.8 Å². The number of carbonyl (C=O) groups excluding carboxylic acids is 2. The summed E-state index contributed by atoms with van der Waals surface area (Å²) in [6, 6.07) is 27.4. The van der Waals surface area contributed by atoms with Crippen LogP contribution < -0.4 is 24.4 Å². The fourth-order valence-corrected chi connectivity index (χ4v) is 4.92. The van der Waals surface area contributed by atoms with Gasteiger partial charge in [0.25, 0.3) is 0 Å². The maximum absolute atomic E-state index is 13.7. The van der Waals surface area contributed by atoms with E-state index in [9.17, 15) is 14.4 Å². The molecule has 0 bridgehead atoms. The molecule has 0 aliphatic carbocycles. The first-order chi connectivity index (χ1) is 19.7. The monoisotopic (exact) mass is 548 g/mol. The molecular weight excluding hydrogens is 524 g/mol. The zero-order valence-electron chi connectivity index (χ0n) is 22.4. The van der Waals surface area contributed by atoms with E-state index in [0.29, 0.717) is 22.6 Å². The second kappa shape index (κ2) is 9.98. The van der Waals surface area contributed by atoms with Crippen molar-refractivity contribution in [3.8, 4) is 34.3 Å².